The zero-order valence-electron chi connectivity index (χ0n) is 12.0. The summed E-state index contributed by atoms with van der Waals surface area (Å²) in [6.07, 6.45) is 5.91. The molecule has 20 heavy (non-hydrogen) atoms. The third-order valence-corrected chi connectivity index (χ3v) is 4.54. The Bertz CT molecular complexity index is 563. The zero-order chi connectivity index (χ0) is 14.0. The second-order valence-corrected chi connectivity index (χ2v) is 5.67. The molecular weight excluding hydrogens is 248 g/mol. The van der Waals surface area contributed by atoms with Gasteiger partial charge in [-0.15, -0.1) is 0 Å². The molecule has 0 saturated heterocycles. The molecule has 1 aromatic heterocycles. The lowest BCUT2D eigenvalue weighted by Crippen LogP contribution is -2.38. The van der Waals surface area contributed by atoms with Crippen LogP contribution in [0.1, 0.15) is 49.8 Å². The van der Waals surface area contributed by atoms with E-state index in [1.807, 2.05) is 16.8 Å². The summed E-state index contributed by atoms with van der Waals surface area (Å²) in [7, 11) is 0. The maximum absolute atomic E-state index is 11.4. The minimum absolute atomic E-state index is 0.166. The van der Waals surface area contributed by atoms with Gasteiger partial charge in [0, 0.05) is 18.7 Å². The first-order valence-electron chi connectivity index (χ1n) is 7.55. The predicted octanol–water partition coefficient (Wildman–Crippen LogP) is 3.45. The molecule has 1 fully saturated rings. The third kappa shape index (κ3) is 2.16. The maximum atomic E-state index is 11.4. The number of hydrogen-bond acceptors (Lipinski definition) is 2. The smallest absolute Gasteiger partial charge is 0.113 e. The molecule has 1 aromatic carbocycles. The van der Waals surface area contributed by atoms with Crippen LogP contribution in [0.3, 0.4) is 0 Å². The number of benzene rings is 1. The molecule has 2 aromatic rings. The van der Waals surface area contributed by atoms with Crippen LogP contribution in [0.2, 0.25) is 0 Å². The molecule has 1 aliphatic rings. The summed E-state index contributed by atoms with van der Waals surface area (Å²) in [4.78, 5) is 0. The summed E-state index contributed by atoms with van der Waals surface area (Å²) in [6, 6.07) is 12.4. The lowest BCUT2D eigenvalue weighted by Gasteiger charge is -2.40. The second-order valence-electron chi connectivity index (χ2n) is 5.67. The Morgan fingerprint density at radius 1 is 1.25 bits per heavy atom. The Kier molecular flexibility index (Phi) is 3.62. The maximum Gasteiger partial charge on any atom is 0.113 e. The molecule has 0 radical (unpaired) electrons. The van der Waals surface area contributed by atoms with Crippen LogP contribution in [0.5, 0.6) is 0 Å². The largest absolute Gasteiger partial charge is 0.383 e. The first-order chi connectivity index (χ1) is 9.75. The number of rotatable bonds is 3. The molecule has 106 valence electrons. The van der Waals surface area contributed by atoms with Gasteiger partial charge in [0.05, 0.1) is 5.69 Å². The Labute approximate surface area is 120 Å². The Hall–Kier alpha value is -1.61. The molecule has 3 rings (SSSR count). The van der Waals surface area contributed by atoms with Crippen LogP contribution >= 0.6 is 0 Å². The van der Waals surface area contributed by atoms with E-state index in [2.05, 4.69) is 36.3 Å². The van der Waals surface area contributed by atoms with Gasteiger partial charge in [-0.2, -0.15) is 5.10 Å². The number of aliphatic hydroxyl groups is 1. The van der Waals surface area contributed by atoms with Crippen molar-refractivity contribution in [3.8, 4) is 0 Å². The van der Waals surface area contributed by atoms with Crippen molar-refractivity contribution in [1.29, 1.82) is 0 Å². The summed E-state index contributed by atoms with van der Waals surface area (Å²) >= 11 is 0. The summed E-state index contributed by atoms with van der Waals surface area (Å²) < 4.78 is 1.93. The molecule has 0 bridgehead atoms. The molecule has 1 aliphatic carbocycles. The van der Waals surface area contributed by atoms with E-state index >= 15 is 0 Å². The molecule has 3 nitrogen and oxygen atoms in total. The molecule has 0 spiro atoms. The SMILES string of the molecule is CCn1nccc1C1(O)CCCCC1c1ccccc1. The fraction of sp³-hybridized carbons (Fsp3) is 0.471. The van der Waals surface area contributed by atoms with E-state index in [4.69, 9.17) is 0 Å². The van der Waals surface area contributed by atoms with Gasteiger partial charge < -0.3 is 5.11 Å². The summed E-state index contributed by atoms with van der Waals surface area (Å²) in [5.41, 5.74) is 1.42. The number of aryl methyl sites for hydroxylation is 1. The normalized spacial score (nSPS) is 26.6. The number of aromatic nitrogens is 2. The number of hydrogen-bond donors (Lipinski definition) is 1. The Balaban J connectivity index is 2.04. The lowest BCUT2D eigenvalue weighted by atomic mass is 9.70. The second kappa shape index (κ2) is 5.41. The molecule has 1 saturated carbocycles. The minimum Gasteiger partial charge on any atom is -0.383 e. The van der Waals surface area contributed by atoms with Gasteiger partial charge in [-0.1, -0.05) is 43.2 Å². The van der Waals surface area contributed by atoms with Crippen LogP contribution in [-0.2, 0) is 12.1 Å². The van der Waals surface area contributed by atoms with Crippen LogP contribution in [0, 0.1) is 0 Å². The van der Waals surface area contributed by atoms with Gasteiger partial charge in [0.2, 0.25) is 0 Å². The van der Waals surface area contributed by atoms with Gasteiger partial charge in [-0.3, -0.25) is 4.68 Å². The van der Waals surface area contributed by atoms with Gasteiger partial charge in [0.25, 0.3) is 0 Å². The molecule has 1 heterocycles. The molecule has 1 N–H and O–H groups in total. The third-order valence-electron chi connectivity index (χ3n) is 4.54. The van der Waals surface area contributed by atoms with Crippen LogP contribution < -0.4 is 0 Å². The predicted molar refractivity (Wildman–Crippen MR) is 79.4 cm³/mol. The van der Waals surface area contributed by atoms with E-state index in [1.54, 1.807) is 6.20 Å². The van der Waals surface area contributed by atoms with Crippen molar-refractivity contribution in [3.05, 3.63) is 53.9 Å². The van der Waals surface area contributed by atoms with Gasteiger partial charge >= 0.3 is 0 Å². The highest BCUT2D eigenvalue weighted by atomic mass is 16.3. The van der Waals surface area contributed by atoms with Crippen molar-refractivity contribution in [1.82, 2.24) is 9.78 Å². The average molecular weight is 270 g/mol. The van der Waals surface area contributed by atoms with Gasteiger partial charge in [0.15, 0.2) is 0 Å². The van der Waals surface area contributed by atoms with Crippen LogP contribution in [0.25, 0.3) is 0 Å². The van der Waals surface area contributed by atoms with Crippen LogP contribution in [0.4, 0.5) is 0 Å². The average Bonchev–Trinajstić information content (AvgIpc) is 2.98. The fourth-order valence-electron chi connectivity index (χ4n) is 3.54. The molecule has 0 aliphatic heterocycles. The van der Waals surface area contributed by atoms with E-state index in [0.29, 0.717) is 0 Å². The standard InChI is InChI=1S/C17H22N2O/c1-2-19-16(11-13-18-19)17(20)12-7-6-10-15(17)14-8-4-3-5-9-14/h3-5,8-9,11,13,15,20H,2,6-7,10,12H2,1H3. The first kappa shape index (κ1) is 13.4. The number of nitrogens with zero attached hydrogens (tertiary/aromatic N) is 2. The minimum atomic E-state index is -0.786. The molecule has 3 heteroatoms. The van der Waals surface area contributed by atoms with Gasteiger partial charge in [-0.05, 0) is 31.4 Å². The van der Waals surface area contributed by atoms with E-state index < -0.39 is 5.60 Å². The highest BCUT2D eigenvalue weighted by Crippen LogP contribution is 2.47. The Morgan fingerprint density at radius 2 is 2.05 bits per heavy atom. The van der Waals surface area contributed by atoms with Crippen molar-refractivity contribution >= 4 is 0 Å². The van der Waals surface area contributed by atoms with Crippen molar-refractivity contribution < 1.29 is 5.11 Å². The first-order valence-corrected chi connectivity index (χ1v) is 7.55. The summed E-state index contributed by atoms with van der Waals surface area (Å²) in [5.74, 6) is 0.166. The fourth-order valence-corrected chi connectivity index (χ4v) is 3.54. The summed E-state index contributed by atoms with van der Waals surface area (Å²) in [5, 5.41) is 15.7. The molecule has 2 atom stereocenters. The van der Waals surface area contributed by atoms with Crippen molar-refractivity contribution in [2.45, 2.75) is 50.7 Å². The monoisotopic (exact) mass is 270 g/mol. The Morgan fingerprint density at radius 3 is 2.80 bits per heavy atom. The topological polar surface area (TPSA) is 38.0 Å². The lowest BCUT2D eigenvalue weighted by molar-refractivity contribution is -0.0299. The quantitative estimate of drug-likeness (QED) is 0.927. The van der Waals surface area contributed by atoms with Crippen molar-refractivity contribution in [3.63, 3.8) is 0 Å². The van der Waals surface area contributed by atoms with E-state index in [1.165, 1.54) is 12.0 Å². The van der Waals surface area contributed by atoms with Crippen molar-refractivity contribution in [2.24, 2.45) is 0 Å². The molecular formula is C17H22N2O. The van der Waals surface area contributed by atoms with E-state index in [9.17, 15) is 5.11 Å². The van der Waals surface area contributed by atoms with Gasteiger partial charge in [0.1, 0.15) is 5.60 Å². The highest BCUT2D eigenvalue weighted by Gasteiger charge is 2.43. The summed E-state index contributed by atoms with van der Waals surface area (Å²) in [6.45, 7) is 2.87. The van der Waals surface area contributed by atoms with Gasteiger partial charge in [-0.25, -0.2) is 0 Å². The van der Waals surface area contributed by atoms with E-state index in [0.717, 1.165) is 31.5 Å². The van der Waals surface area contributed by atoms with Crippen molar-refractivity contribution in [2.75, 3.05) is 0 Å². The molecule has 2 unspecified atom stereocenters. The molecule has 0 amide bonds. The van der Waals surface area contributed by atoms with Crippen LogP contribution in [0.15, 0.2) is 42.6 Å². The van der Waals surface area contributed by atoms with E-state index in [-0.39, 0.29) is 5.92 Å². The highest BCUT2D eigenvalue weighted by molar-refractivity contribution is 5.28. The zero-order valence-corrected chi connectivity index (χ0v) is 12.0. The van der Waals surface area contributed by atoms with Crippen LogP contribution in [-0.4, -0.2) is 14.9 Å².